The van der Waals surface area contributed by atoms with Crippen molar-refractivity contribution in [2.24, 2.45) is 0 Å². The van der Waals surface area contributed by atoms with Crippen LogP contribution in [0.4, 0.5) is 22.0 Å². The van der Waals surface area contributed by atoms with E-state index in [1.807, 2.05) is 13.1 Å². The smallest absolute Gasteiger partial charge is 0.284 e. The fourth-order valence-corrected chi connectivity index (χ4v) is 2.92. The van der Waals surface area contributed by atoms with Crippen LogP contribution in [-0.4, -0.2) is 33.0 Å². The number of benzene rings is 1. The first-order valence-electron chi connectivity index (χ1n) is 6.46. The predicted octanol–water partition coefficient (Wildman–Crippen LogP) is 3.81. The second-order valence-corrected chi connectivity index (χ2v) is 9.73. The molecule has 9 heteroatoms. The average molecular weight is 341 g/mol. The SMILES string of the molecule is CO[Si](C)(C)CCCN(F)C(=O)c1cc(F)c(F)c(F)c1F. The molecule has 0 saturated heterocycles. The van der Waals surface area contributed by atoms with Crippen LogP contribution in [0.15, 0.2) is 6.07 Å². The standard InChI is InChI=1S/C13H16F5NO2Si/c1-21-22(2,3)6-4-5-19(18)13(20)8-7-9(14)11(16)12(17)10(8)15/h7H,4-6H2,1-3H3. The summed E-state index contributed by atoms with van der Waals surface area (Å²) in [6, 6.07) is 0.669. The summed E-state index contributed by atoms with van der Waals surface area (Å²) in [6.07, 6.45) is 0.239. The molecule has 124 valence electrons. The van der Waals surface area contributed by atoms with E-state index >= 15 is 0 Å². The largest absolute Gasteiger partial charge is 0.420 e. The molecule has 0 saturated carbocycles. The van der Waals surface area contributed by atoms with Crippen LogP contribution < -0.4 is 0 Å². The quantitative estimate of drug-likeness (QED) is 0.259. The summed E-state index contributed by atoms with van der Waals surface area (Å²) in [4.78, 5) is 11.6. The molecule has 22 heavy (non-hydrogen) atoms. The molecular weight excluding hydrogens is 325 g/mol. The minimum Gasteiger partial charge on any atom is -0.420 e. The number of carbonyl (C=O) groups is 1. The van der Waals surface area contributed by atoms with Gasteiger partial charge < -0.3 is 4.43 Å². The summed E-state index contributed by atoms with van der Waals surface area (Å²) >= 11 is 0. The van der Waals surface area contributed by atoms with E-state index in [0.717, 1.165) is 0 Å². The summed E-state index contributed by atoms with van der Waals surface area (Å²) in [5.74, 6) is -9.44. The van der Waals surface area contributed by atoms with E-state index in [1.165, 1.54) is 7.11 Å². The maximum atomic E-state index is 13.7. The van der Waals surface area contributed by atoms with Crippen molar-refractivity contribution in [2.45, 2.75) is 25.6 Å². The number of halogens is 5. The second-order valence-electron chi connectivity index (χ2n) is 5.31. The molecule has 0 atom stereocenters. The maximum Gasteiger partial charge on any atom is 0.284 e. The van der Waals surface area contributed by atoms with Gasteiger partial charge in [0.2, 0.25) is 0 Å². The van der Waals surface area contributed by atoms with E-state index < -0.39 is 49.6 Å². The Morgan fingerprint density at radius 1 is 1.18 bits per heavy atom. The van der Waals surface area contributed by atoms with Gasteiger partial charge in [0, 0.05) is 7.11 Å². The minimum atomic E-state index is -2.15. The van der Waals surface area contributed by atoms with Crippen molar-refractivity contribution >= 4 is 14.2 Å². The summed E-state index contributed by atoms with van der Waals surface area (Å²) < 4.78 is 71.1. The van der Waals surface area contributed by atoms with Gasteiger partial charge >= 0.3 is 0 Å². The summed E-state index contributed by atoms with van der Waals surface area (Å²) in [5.41, 5.74) is -1.19. The third kappa shape index (κ3) is 4.26. The molecule has 0 aliphatic rings. The first kappa shape index (κ1) is 18.6. The number of hydrogen-bond donors (Lipinski definition) is 0. The number of nitrogens with zero attached hydrogens (tertiary/aromatic N) is 1. The molecule has 1 aromatic carbocycles. The van der Waals surface area contributed by atoms with Gasteiger partial charge in [-0.1, -0.05) is 4.48 Å². The molecule has 0 aliphatic carbocycles. The van der Waals surface area contributed by atoms with Gasteiger partial charge in [-0.25, -0.2) is 17.6 Å². The van der Waals surface area contributed by atoms with E-state index in [4.69, 9.17) is 4.43 Å². The van der Waals surface area contributed by atoms with Crippen molar-refractivity contribution in [3.8, 4) is 0 Å². The van der Waals surface area contributed by atoms with E-state index in [0.29, 0.717) is 6.04 Å². The minimum absolute atomic E-state index is 0.135. The van der Waals surface area contributed by atoms with Gasteiger partial charge in [-0.3, -0.25) is 4.79 Å². The number of hydrogen-bond acceptors (Lipinski definition) is 2. The van der Waals surface area contributed by atoms with Crippen molar-refractivity contribution in [3.63, 3.8) is 0 Å². The monoisotopic (exact) mass is 341 g/mol. The third-order valence-electron chi connectivity index (χ3n) is 3.24. The highest BCUT2D eigenvalue weighted by Gasteiger charge is 2.27. The topological polar surface area (TPSA) is 29.5 Å². The highest BCUT2D eigenvalue weighted by atomic mass is 28.4. The molecule has 0 heterocycles. The summed E-state index contributed by atoms with van der Waals surface area (Å²) in [7, 11) is -0.411. The molecule has 1 amide bonds. The van der Waals surface area contributed by atoms with Crippen molar-refractivity contribution in [2.75, 3.05) is 13.7 Å². The molecule has 0 radical (unpaired) electrons. The molecule has 1 aromatic rings. The van der Waals surface area contributed by atoms with Crippen LogP contribution >= 0.6 is 0 Å². The highest BCUT2D eigenvalue weighted by Crippen LogP contribution is 2.21. The van der Waals surface area contributed by atoms with Crippen LogP contribution in [0.5, 0.6) is 0 Å². The lowest BCUT2D eigenvalue weighted by Crippen LogP contribution is -2.31. The van der Waals surface area contributed by atoms with Crippen molar-refractivity contribution < 1.29 is 31.3 Å². The van der Waals surface area contributed by atoms with Crippen molar-refractivity contribution in [1.82, 2.24) is 5.12 Å². The molecule has 0 bridgehead atoms. The Balaban J connectivity index is 2.80. The van der Waals surface area contributed by atoms with Gasteiger partial charge in [0.1, 0.15) is 0 Å². The maximum absolute atomic E-state index is 13.7. The number of amides is 1. The zero-order chi connectivity index (χ0) is 17.1. The van der Waals surface area contributed by atoms with Crippen LogP contribution in [0, 0.1) is 23.3 Å². The predicted molar refractivity (Wildman–Crippen MR) is 72.3 cm³/mol. The molecule has 0 aromatic heterocycles. The fraction of sp³-hybridized carbons (Fsp3) is 0.462. The van der Waals surface area contributed by atoms with Crippen molar-refractivity contribution in [3.05, 3.63) is 34.9 Å². The van der Waals surface area contributed by atoms with E-state index in [2.05, 4.69) is 0 Å². The molecule has 0 fully saturated rings. The van der Waals surface area contributed by atoms with Crippen LogP contribution in [0.25, 0.3) is 0 Å². The normalized spacial score (nSPS) is 11.6. The van der Waals surface area contributed by atoms with E-state index in [1.54, 1.807) is 0 Å². The fourth-order valence-electron chi connectivity index (χ4n) is 1.71. The zero-order valence-corrected chi connectivity index (χ0v) is 13.4. The lowest BCUT2D eigenvalue weighted by Gasteiger charge is -2.20. The Bertz CT molecular complexity index is 568. The first-order valence-corrected chi connectivity index (χ1v) is 9.58. The Kier molecular flexibility index (Phi) is 6.06. The summed E-state index contributed by atoms with van der Waals surface area (Å²) in [5, 5.41) is -0.352. The lowest BCUT2D eigenvalue weighted by molar-refractivity contribution is 0.0189. The molecular formula is C13H16F5NO2Si. The molecule has 0 N–H and O–H groups in total. The van der Waals surface area contributed by atoms with Gasteiger partial charge in [-0.05, 0) is 31.6 Å². The molecule has 1 rings (SSSR count). The number of carbonyl (C=O) groups excluding carboxylic acids is 1. The van der Waals surface area contributed by atoms with Gasteiger partial charge in [0.15, 0.2) is 31.6 Å². The highest BCUT2D eigenvalue weighted by molar-refractivity contribution is 6.71. The molecule has 0 unspecified atom stereocenters. The van der Waals surface area contributed by atoms with E-state index in [9.17, 15) is 26.8 Å². The Morgan fingerprint density at radius 2 is 1.77 bits per heavy atom. The van der Waals surface area contributed by atoms with Crippen LogP contribution in [-0.2, 0) is 4.43 Å². The van der Waals surface area contributed by atoms with Gasteiger partial charge in [0.05, 0.1) is 12.1 Å². The van der Waals surface area contributed by atoms with Gasteiger partial charge in [-0.15, -0.1) is 0 Å². The van der Waals surface area contributed by atoms with Crippen LogP contribution in [0.2, 0.25) is 19.1 Å². The van der Waals surface area contributed by atoms with Crippen LogP contribution in [0.3, 0.4) is 0 Å². The zero-order valence-electron chi connectivity index (χ0n) is 12.4. The Hall–Kier alpha value is -1.48. The lowest BCUT2D eigenvalue weighted by atomic mass is 10.1. The van der Waals surface area contributed by atoms with E-state index in [-0.39, 0.29) is 17.6 Å². The van der Waals surface area contributed by atoms with Crippen molar-refractivity contribution in [1.29, 1.82) is 0 Å². The molecule has 3 nitrogen and oxygen atoms in total. The third-order valence-corrected chi connectivity index (χ3v) is 5.90. The number of rotatable bonds is 6. The Morgan fingerprint density at radius 3 is 2.32 bits per heavy atom. The van der Waals surface area contributed by atoms with Gasteiger partial charge in [-0.2, -0.15) is 5.12 Å². The second kappa shape index (κ2) is 7.19. The molecule has 0 spiro atoms. The average Bonchev–Trinajstić information content (AvgIpc) is 2.47. The molecule has 0 aliphatic heterocycles. The first-order chi connectivity index (χ1) is 10.1. The van der Waals surface area contributed by atoms with Crippen LogP contribution in [0.1, 0.15) is 16.8 Å². The summed E-state index contributed by atoms with van der Waals surface area (Å²) in [6.45, 7) is 3.39. The Labute approximate surface area is 125 Å². The van der Waals surface area contributed by atoms with Gasteiger partial charge in [0.25, 0.3) is 5.91 Å².